The molecule has 0 saturated carbocycles. The molecule has 0 spiro atoms. The van der Waals surface area contributed by atoms with E-state index in [2.05, 4.69) is 5.32 Å². The lowest BCUT2D eigenvalue weighted by molar-refractivity contribution is -0.152. The fourth-order valence-electron chi connectivity index (χ4n) is 2.93. The van der Waals surface area contributed by atoms with Crippen molar-refractivity contribution in [3.63, 3.8) is 0 Å². The maximum atomic E-state index is 12.4. The van der Waals surface area contributed by atoms with E-state index in [0.717, 1.165) is 16.0 Å². The summed E-state index contributed by atoms with van der Waals surface area (Å²) < 4.78 is 5.26. The summed E-state index contributed by atoms with van der Waals surface area (Å²) in [5.74, 6) is -0.930. The number of anilines is 2. The van der Waals surface area contributed by atoms with Gasteiger partial charge < -0.3 is 10.1 Å². The van der Waals surface area contributed by atoms with Crippen molar-refractivity contribution in [2.24, 2.45) is 0 Å². The fourth-order valence-corrected chi connectivity index (χ4v) is 3.87. The first-order chi connectivity index (χ1) is 13.3. The number of rotatable bonds is 5. The summed E-state index contributed by atoms with van der Waals surface area (Å²) in [6.45, 7) is 5.16. The molecule has 0 bridgehead atoms. The summed E-state index contributed by atoms with van der Waals surface area (Å²) >= 11 is 1.44. The molecule has 0 aromatic heterocycles. The zero-order valence-electron chi connectivity index (χ0n) is 16.0. The van der Waals surface area contributed by atoms with Crippen LogP contribution in [0.15, 0.2) is 47.4 Å². The number of ether oxygens (including phenoxy) is 1. The van der Waals surface area contributed by atoms with E-state index in [1.807, 2.05) is 50.2 Å². The highest BCUT2D eigenvalue weighted by Crippen LogP contribution is 2.34. The monoisotopic (exact) mass is 398 g/mol. The molecule has 1 atom stereocenters. The third kappa shape index (κ3) is 4.54. The highest BCUT2D eigenvalue weighted by atomic mass is 32.2. The van der Waals surface area contributed by atoms with Crippen molar-refractivity contribution in [2.75, 3.05) is 22.5 Å². The molecule has 0 aliphatic carbocycles. The minimum Gasteiger partial charge on any atom is -0.451 e. The lowest BCUT2D eigenvalue weighted by Gasteiger charge is -2.28. The Morgan fingerprint density at radius 2 is 1.96 bits per heavy atom. The van der Waals surface area contributed by atoms with Crippen LogP contribution in [0.1, 0.15) is 18.1 Å². The summed E-state index contributed by atoms with van der Waals surface area (Å²) in [7, 11) is 0. The number of nitrogens with zero attached hydrogens (tertiary/aromatic N) is 1. The molecule has 2 aromatic carbocycles. The lowest BCUT2D eigenvalue weighted by Crippen LogP contribution is -2.41. The smallest absolute Gasteiger partial charge is 0.326 e. The van der Waals surface area contributed by atoms with E-state index in [4.69, 9.17) is 4.74 Å². The van der Waals surface area contributed by atoms with Gasteiger partial charge in [-0.15, -0.1) is 11.8 Å². The number of aryl methyl sites for hydroxylation is 2. The number of amides is 2. The van der Waals surface area contributed by atoms with Crippen molar-refractivity contribution in [2.45, 2.75) is 31.8 Å². The van der Waals surface area contributed by atoms with E-state index < -0.39 is 18.0 Å². The molecule has 0 radical (unpaired) electrons. The zero-order valence-corrected chi connectivity index (χ0v) is 16.8. The quantitative estimate of drug-likeness (QED) is 0.782. The molecular formula is C21H22N2O4S. The lowest BCUT2D eigenvalue weighted by atomic mass is 10.1. The molecule has 28 heavy (non-hydrogen) atoms. The number of hydrogen-bond acceptors (Lipinski definition) is 5. The summed E-state index contributed by atoms with van der Waals surface area (Å²) in [6, 6.07) is 13.1. The van der Waals surface area contributed by atoms with E-state index in [0.29, 0.717) is 11.4 Å². The van der Waals surface area contributed by atoms with Crippen LogP contribution in [0.25, 0.3) is 0 Å². The highest BCUT2D eigenvalue weighted by Gasteiger charge is 2.28. The molecule has 1 N–H and O–H groups in total. The van der Waals surface area contributed by atoms with Crippen LogP contribution in [0.3, 0.4) is 0 Å². The SMILES string of the molecule is Cc1ccc(NC(=O)C(C)OC(=O)CN2C(=O)CSc3ccccc32)c(C)c1. The molecule has 2 amide bonds. The second kappa shape index (κ2) is 8.48. The number of para-hydroxylation sites is 1. The molecule has 0 saturated heterocycles. The Balaban J connectivity index is 1.61. The molecular weight excluding hydrogens is 376 g/mol. The number of benzene rings is 2. The number of hydrogen-bond donors (Lipinski definition) is 1. The standard InChI is InChI=1S/C21H22N2O4S/c1-13-8-9-16(14(2)10-13)22-21(26)15(3)27-20(25)11-23-17-6-4-5-7-18(17)28-12-19(23)24/h4-10,15H,11-12H2,1-3H3,(H,22,26). The zero-order chi connectivity index (χ0) is 20.3. The van der Waals surface area contributed by atoms with Crippen molar-refractivity contribution < 1.29 is 19.1 Å². The van der Waals surface area contributed by atoms with Gasteiger partial charge in [0, 0.05) is 10.6 Å². The Labute approximate surface area is 168 Å². The minimum atomic E-state index is -0.974. The molecule has 146 valence electrons. The van der Waals surface area contributed by atoms with Gasteiger partial charge in [0.2, 0.25) is 5.91 Å². The van der Waals surface area contributed by atoms with E-state index in [9.17, 15) is 14.4 Å². The number of carbonyl (C=O) groups excluding carboxylic acids is 3. The third-order valence-corrected chi connectivity index (χ3v) is 5.46. The number of thioether (sulfide) groups is 1. The second-order valence-corrected chi connectivity index (χ2v) is 7.69. The molecule has 1 aliphatic rings. The summed E-state index contributed by atoms with van der Waals surface area (Å²) in [6.07, 6.45) is -0.974. The number of nitrogens with one attached hydrogen (secondary N) is 1. The topological polar surface area (TPSA) is 75.7 Å². The number of esters is 1. The fraction of sp³-hybridized carbons (Fsp3) is 0.286. The third-order valence-electron chi connectivity index (χ3n) is 4.41. The molecule has 0 fully saturated rings. The first-order valence-electron chi connectivity index (χ1n) is 8.95. The second-order valence-electron chi connectivity index (χ2n) is 6.68. The Morgan fingerprint density at radius 3 is 2.71 bits per heavy atom. The van der Waals surface area contributed by atoms with Crippen LogP contribution in [0.5, 0.6) is 0 Å². The van der Waals surface area contributed by atoms with Crippen molar-refractivity contribution >= 4 is 40.9 Å². The van der Waals surface area contributed by atoms with Crippen molar-refractivity contribution in [3.8, 4) is 0 Å². The maximum Gasteiger partial charge on any atom is 0.326 e. The van der Waals surface area contributed by atoms with Gasteiger partial charge in [0.25, 0.3) is 5.91 Å². The molecule has 3 rings (SSSR count). The molecule has 1 heterocycles. The first kappa shape index (κ1) is 19.9. The first-order valence-corrected chi connectivity index (χ1v) is 9.93. The van der Waals surface area contributed by atoms with Crippen molar-refractivity contribution in [1.29, 1.82) is 0 Å². The molecule has 2 aromatic rings. The Kier molecular flexibility index (Phi) is 6.04. The average Bonchev–Trinajstić information content (AvgIpc) is 2.66. The van der Waals surface area contributed by atoms with Gasteiger partial charge in [-0.1, -0.05) is 29.8 Å². The Morgan fingerprint density at radius 1 is 1.21 bits per heavy atom. The predicted molar refractivity (Wildman–Crippen MR) is 110 cm³/mol. The highest BCUT2D eigenvalue weighted by molar-refractivity contribution is 8.00. The van der Waals surface area contributed by atoms with E-state index >= 15 is 0 Å². The van der Waals surface area contributed by atoms with Gasteiger partial charge in [-0.25, -0.2) is 0 Å². The van der Waals surface area contributed by atoms with Crippen LogP contribution in [-0.4, -0.2) is 36.2 Å². The van der Waals surface area contributed by atoms with Crippen LogP contribution < -0.4 is 10.2 Å². The van der Waals surface area contributed by atoms with E-state index in [1.54, 1.807) is 6.07 Å². The number of carbonyl (C=O) groups is 3. The molecule has 7 heteroatoms. The minimum absolute atomic E-state index is 0.159. The molecule has 1 unspecified atom stereocenters. The Bertz CT molecular complexity index is 928. The van der Waals surface area contributed by atoms with Crippen LogP contribution in [0, 0.1) is 13.8 Å². The van der Waals surface area contributed by atoms with Gasteiger partial charge in [0.1, 0.15) is 6.54 Å². The van der Waals surface area contributed by atoms with Gasteiger partial charge in [-0.2, -0.15) is 0 Å². The molecule has 6 nitrogen and oxygen atoms in total. The van der Waals surface area contributed by atoms with Crippen LogP contribution in [-0.2, 0) is 19.1 Å². The van der Waals surface area contributed by atoms with E-state index in [1.165, 1.54) is 23.6 Å². The van der Waals surface area contributed by atoms with Gasteiger partial charge >= 0.3 is 5.97 Å². The van der Waals surface area contributed by atoms with Crippen LogP contribution in [0.4, 0.5) is 11.4 Å². The predicted octanol–water partition coefficient (Wildman–Crippen LogP) is 3.31. The van der Waals surface area contributed by atoms with Gasteiger partial charge in [-0.05, 0) is 44.5 Å². The molecule has 1 aliphatic heterocycles. The summed E-state index contributed by atoms with van der Waals surface area (Å²) in [5, 5.41) is 2.77. The summed E-state index contributed by atoms with van der Waals surface area (Å²) in [5.41, 5.74) is 3.39. The van der Waals surface area contributed by atoms with Crippen molar-refractivity contribution in [3.05, 3.63) is 53.6 Å². The average molecular weight is 398 g/mol. The van der Waals surface area contributed by atoms with E-state index in [-0.39, 0.29) is 18.2 Å². The normalized spacial score (nSPS) is 14.2. The van der Waals surface area contributed by atoms with Gasteiger partial charge in [-0.3, -0.25) is 19.3 Å². The van der Waals surface area contributed by atoms with Gasteiger partial charge in [0.15, 0.2) is 6.10 Å². The number of fused-ring (bicyclic) bond motifs is 1. The van der Waals surface area contributed by atoms with Crippen LogP contribution in [0.2, 0.25) is 0 Å². The van der Waals surface area contributed by atoms with Crippen LogP contribution >= 0.6 is 11.8 Å². The summed E-state index contributed by atoms with van der Waals surface area (Å²) in [4.78, 5) is 39.3. The van der Waals surface area contributed by atoms with Crippen molar-refractivity contribution in [1.82, 2.24) is 0 Å². The largest absolute Gasteiger partial charge is 0.451 e. The Hall–Kier alpha value is -2.80. The maximum absolute atomic E-state index is 12.4. The van der Waals surface area contributed by atoms with Gasteiger partial charge in [0.05, 0.1) is 11.4 Å².